The molecule has 11 rings (SSSR count). The zero-order valence-corrected chi connectivity index (χ0v) is 50.9. The van der Waals surface area contributed by atoms with Crippen LogP contribution in [0.5, 0.6) is 5.75 Å². The topological polar surface area (TPSA) is 342 Å². The quantitative estimate of drug-likeness (QED) is 0.0341. The van der Waals surface area contributed by atoms with Crippen LogP contribution in [-0.4, -0.2) is 173 Å². The number of ether oxygens (including phenoxy) is 1. The lowest BCUT2D eigenvalue weighted by Crippen LogP contribution is -2.58. The van der Waals surface area contributed by atoms with E-state index >= 15 is 9.59 Å². The van der Waals surface area contributed by atoms with E-state index < -0.39 is 120 Å². The first-order chi connectivity index (χ1) is 44.5. The number of carbonyl (C=O) groups is 10. The number of nitrogens with one attached hydrogen (secondary N) is 5. The number of nitrogens with zero attached hydrogens (tertiary/aromatic N) is 3. The van der Waals surface area contributed by atoms with Crippen LogP contribution in [0.15, 0.2) is 140 Å². The summed E-state index contributed by atoms with van der Waals surface area (Å²) in [5, 5.41) is 35.6. The Morgan fingerprint density at radius 2 is 0.924 bits per heavy atom. The second-order valence-electron chi connectivity index (χ2n) is 25.1. The molecule has 6 fully saturated rings. The monoisotopic (exact) mass is 1250 g/mol. The summed E-state index contributed by atoms with van der Waals surface area (Å²) >= 11 is 0. The molecule has 11 N–H and O–H groups in total. The normalized spacial score (nSPS) is 25.4. The summed E-state index contributed by atoms with van der Waals surface area (Å²) in [5.74, 6) is -12.4. The molecule has 5 aromatic carbocycles. The summed E-state index contributed by atoms with van der Waals surface area (Å²) < 4.78 is 6.20. The zero-order chi connectivity index (χ0) is 64.7. The molecule has 92 heavy (non-hydrogen) atoms. The number of aliphatic carboxylic acids is 1. The summed E-state index contributed by atoms with van der Waals surface area (Å²) in [5.41, 5.74) is 15.0. The van der Waals surface area contributed by atoms with Crippen LogP contribution in [-0.2, 0) is 38.4 Å². The largest absolute Gasteiger partial charge is 0.483 e. The Morgan fingerprint density at radius 1 is 0.533 bits per heavy atom. The predicted octanol–water partition coefficient (Wildman–Crippen LogP) is 2.50. The first kappa shape index (κ1) is 64.2. The molecule has 14 atom stereocenters. The van der Waals surface area contributed by atoms with Crippen LogP contribution in [0.3, 0.4) is 0 Å². The number of carboxylic acids is 1. The highest BCUT2D eigenvalue weighted by Crippen LogP contribution is 2.45. The van der Waals surface area contributed by atoms with Crippen molar-refractivity contribution >= 4 is 59.1 Å². The fourth-order valence-corrected chi connectivity index (χ4v) is 13.3. The highest BCUT2D eigenvalue weighted by atomic mass is 16.5. The highest BCUT2D eigenvalue weighted by Gasteiger charge is 2.52. The molecule has 4 saturated carbocycles. The van der Waals surface area contributed by atoms with Gasteiger partial charge >= 0.3 is 5.97 Å². The molecule has 23 nitrogen and oxygen atoms in total. The molecular formula is C69H78N10O13. The summed E-state index contributed by atoms with van der Waals surface area (Å²) in [6.45, 7) is -3.51. The average molecular weight is 1260 g/mol. The van der Waals surface area contributed by atoms with E-state index in [0.29, 0.717) is 37.0 Å². The van der Waals surface area contributed by atoms with Crippen molar-refractivity contribution < 1.29 is 62.9 Å². The number of aliphatic hydroxyl groups is 1. The van der Waals surface area contributed by atoms with Gasteiger partial charge in [0.05, 0.1) is 42.4 Å². The van der Waals surface area contributed by atoms with E-state index in [4.69, 9.17) is 16.2 Å². The second-order valence-corrected chi connectivity index (χ2v) is 25.1. The van der Waals surface area contributed by atoms with E-state index in [-0.39, 0.29) is 105 Å². The smallest absolute Gasteiger partial charge is 0.326 e. The van der Waals surface area contributed by atoms with Crippen LogP contribution in [0, 0.1) is 23.7 Å². The molecule has 0 radical (unpaired) electrons. The van der Waals surface area contributed by atoms with Gasteiger partial charge in [-0.2, -0.15) is 0 Å². The van der Waals surface area contributed by atoms with Gasteiger partial charge in [-0.05, 0) is 91.9 Å². The molecular weight excluding hydrogens is 1180 g/mol. The number of likely N-dealkylation sites (tertiary alicyclic amines) is 2. The molecule has 5 aromatic rings. The van der Waals surface area contributed by atoms with Crippen molar-refractivity contribution in [3.8, 4) is 5.75 Å². The van der Waals surface area contributed by atoms with E-state index in [1.165, 1.54) is 28.0 Å². The lowest BCUT2D eigenvalue weighted by Gasteiger charge is -2.30. The molecule has 6 aliphatic rings. The number of imide groups is 1. The molecule has 9 amide bonds. The van der Waals surface area contributed by atoms with Gasteiger partial charge < -0.3 is 62.8 Å². The minimum Gasteiger partial charge on any atom is -0.483 e. The third-order valence-corrected chi connectivity index (χ3v) is 18.8. The Hall–Kier alpha value is -9.32. The van der Waals surface area contributed by atoms with Crippen molar-refractivity contribution in [1.82, 2.24) is 41.3 Å². The van der Waals surface area contributed by atoms with Gasteiger partial charge in [0.15, 0.2) is 6.61 Å². The first-order valence-corrected chi connectivity index (χ1v) is 31.7. The van der Waals surface area contributed by atoms with Crippen molar-refractivity contribution in [3.63, 3.8) is 0 Å². The van der Waals surface area contributed by atoms with Crippen LogP contribution in [0.1, 0.15) is 112 Å². The molecule has 23 heteroatoms. The van der Waals surface area contributed by atoms with Gasteiger partial charge in [0.1, 0.15) is 17.8 Å². The molecule has 2 saturated heterocycles. The lowest BCUT2D eigenvalue weighted by molar-refractivity contribution is -0.161. The first-order valence-electron chi connectivity index (χ1n) is 31.7. The molecule has 0 unspecified atom stereocenters. The Morgan fingerprint density at radius 3 is 1.28 bits per heavy atom. The number of nitrogens with two attached hydrogens (primary N) is 2. The molecule has 0 spiro atoms. The maximum Gasteiger partial charge on any atom is 0.326 e. The summed E-state index contributed by atoms with van der Waals surface area (Å²) in [7, 11) is 0. The maximum absolute atomic E-state index is 15.3. The minimum absolute atomic E-state index is 0.0490. The van der Waals surface area contributed by atoms with Gasteiger partial charge in [-0.25, -0.2) is 4.79 Å². The number of unbranched alkanes of at least 4 members (excludes halogenated alkanes) is 1. The Balaban J connectivity index is 0.889. The second kappa shape index (κ2) is 28.5. The third-order valence-electron chi connectivity index (χ3n) is 18.8. The third kappa shape index (κ3) is 14.9. The molecule has 0 aromatic heterocycles. The van der Waals surface area contributed by atoms with Crippen LogP contribution < -0.4 is 42.8 Å². The van der Waals surface area contributed by atoms with Crippen molar-refractivity contribution in [2.24, 2.45) is 35.1 Å². The van der Waals surface area contributed by atoms with Crippen LogP contribution in [0.25, 0.3) is 0 Å². The molecule has 2 aliphatic heterocycles. The van der Waals surface area contributed by atoms with Crippen LogP contribution in [0.2, 0.25) is 0 Å². The average Bonchev–Trinajstić information content (AvgIpc) is 1.75. The summed E-state index contributed by atoms with van der Waals surface area (Å²) in [4.78, 5) is 146. The Kier molecular flexibility index (Phi) is 19.9. The van der Waals surface area contributed by atoms with Gasteiger partial charge in [-0.15, -0.1) is 0 Å². The van der Waals surface area contributed by atoms with Crippen LogP contribution >= 0.6 is 0 Å². The lowest BCUT2D eigenvalue weighted by atomic mass is 9.94. The summed E-state index contributed by atoms with van der Waals surface area (Å²) in [6, 6.07) is 38.2. The number of amides is 9. The van der Waals surface area contributed by atoms with E-state index in [9.17, 15) is 48.6 Å². The zero-order valence-electron chi connectivity index (χ0n) is 50.9. The SMILES string of the molecule is NCCCC[C@@H](C(=O)O)N(C(=O)COc1cc(C(=O)N2C[C@@H](C(=O)N[C@H]3C[C@@H]3c3ccccc3)[C@H](C(=O)N[C@H]3C[C@@H]3c3ccccc3)C2)ccc1C(=O)N1C[C@@H](C(=O)N[C@H]2C[C@@H]2c2ccccc2)[C@H](C(=O)N[C@H]2C[C@@H]2c2ccccc2)C1)C(=O)[C@H](CO)NC(=O)CN. The standard InChI is InChI=1S/C69H78N10O13/c70-26-14-13-23-58(69(90)91)79(68(89)57(37-80)72-60(81)32-71)61(82)38-92-59-27-43(66(87)77-33-49(62(83)73-53-28-45(53)39-15-5-1-6-16-39)50(34-77)63(84)74-54-29-46(54)40-17-7-2-8-18-40)24-25-44(59)67(88)78-35-51(64(85)75-55-30-47(55)41-19-9-3-10-20-41)52(36-78)65(86)76-56-31-48(56)42-21-11-4-12-22-42/h1-12,15-22,24-25,27,45-58,80H,13-14,23,26,28-38,70-71H2,(H,72,81)(H,73,83)(H,74,84)(H,75,85)(H,76,86)(H,90,91)/t45-,46-,47-,48-,49-,50-,51-,52-,53+,54+,55+,56+,57+,58+/m1/s1. The van der Waals surface area contributed by atoms with Crippen molar-refractivity contribution in [2.45, 2.75) is 105 Å². The number of rotatable bonds is 27. The number of benzene rings is 5. The van der Waals surface area contributed by atoms with Crippen molar-refractivity contribution in [1.29, 1.82) is 0 Å². The molecule has 2 heterocycles. The molecule has 0 bridgehead atoms. The van der Waals surface area contributed by atoms with E-state index in [2.05, 4.69) is 26.6 Å². The van der Waals surface area contributed by atoms with Gasteiger partial charge in [0.25, 0.3) is 23.6 Å². The van der Waals surface area contributed by atoms with Crippen LogP contribution in [0.4, 0.5) is 0 Å². The number of hydrogen-bond acceptors (Lipinski definition) is 14. The fourth-order valence-electron chi connectivity index (χ4n) is 13.3. The number of carbonyl (C=O) groups excluding carboxylic acids is 9. The minimum atomic E-state index is -1.87. The van der Waals surface area contributed by atoms with E-state index in [1.807, 2.05) is 121 Å². The van der Waals surface area contributed by atoms with Gasteiger partial charge in [0, 0.05) is 79.6 Å². The Labute approximate surface area is 532 Å². The highest BCUT2D eigenvalue weighted by molar-refractivity contribution is 6.05. The van der Waals surface area contributed by atoms with Gasteiger partial charge in [-0.1, -0.05) is 121 Å². The fraction of sp³-hybridized carbons (Fsp3) is 0.420. The van der Waals surface area contributed by atoms with E-state index in [1.54, 1.807) is 0 Å². The number of aliphatic hydroxyl groups excluding tert-OH is 1. The van der Waals surface area contributed by atoms with E-state index in [0.717, 1.165) is 22.3 Å². The van der Waals surface area contributed by atoms with Gasteiger partial charge in [0.2, 0.25) is 29.5 Å². The van der Waals surface area contributed by atoms with Crippen molar-refractivity contribution in [3.05, 3.63) is 173 Å². The maximum atomic E-state index is 15.3. The molecule has 482 valence electrons. The number of carboxylic acid groups (broad SMARTS) is 1. The van der Waals surface area contributed by atoms with Crippen molar-refractivity contribution in [2.75, 3.05) is 52.5 Å². The molecule has 4 aliphatic carbocycles. The number of hydrogen-bond donors (Lipinski definition) is 9. The van der Waals surface area contributed by atoms with Gasteiger partial charge in [-0.3, -0.25) is 48.1 Å². The summed E-state index contributed by atoms with van der Waals surface area (Å²) in [6.07, 6.45) is 2.86. The predicted molar refractivity (Wildman–Crippen MR) is 335 cm³/mol. The Bertz CT molecular complexity index is 3420.